The topological polar surface area (TPSA) is 69.7 Å². The minimum atomic E-state index is -0.848. The lowest BCUT2D eigenvalue weighted by molar-refractivity contribution is -0.122. The molecular weight excluding hydrogens is 445 g/mol. The first kappa shape index (κ1) is 24.4. The maximum Gasteiger partial charge on any atom is 0.335 e. The molecule has 0 spiro atoms. The van der Waals surface area contributed by atoms with Gasteiger partial charge in [0.05, 0.1) is 11.2 Å². The van der Waals surface area contributed by atoms with Crippen molar-refractivity contribution < 1.29 is 18.8 Å². The van der Waals surface area contributed by atoms with Gasteiger partial charge in [0, 0.05) is 23.4 Å². The summed E-state index contributed by atoms with van der Waals surface area (Å²) in [6, 6.07) is 7.56. The van der Waals surface area contributed by atoms with Crippen molar-refractivity contribution in [1.82, 2.24) is 5.32 Å². The van der Waals surface area contributed by atoms with E-state index in [9.17, 15) is 14.4 Å². The molecular formula is C28H30FN3O3. The van der Waals surface area contributed by atoms with Crippen LogP contribution in [0.5, 0.6) is 0 Å². The second-order valence-corrected chi connectivity index (χ2v) is 9.70. The van der Waals surface area contributed by atoms with E-state index in [-0.39, 0.29) is 16.7 Å². The van der Waals surface area contributed by atoms with Gasteiger partial charge in [0.25, 0.3) is 11.8 Å². The van der Waals surface area contributed by atoms with Crippen molar-refractivity contribution in [2.75, 3.05) is 16.3 Å². The van der Waals surface area contributed by atoms with E-state index in [1.54, 1.807) is 25.1 Å². The Bertz CT molecular complexity index is 1320. The number of imide groups is 2. The van der Waals surface area contributed by atoms with Gasteiger partial charge in [0.15, 0.2) is 0 Å². The van der Waals surface area contributed by atoms with Gasteiger partial charge in [0.2, 0.25) is 0 Å². The van der Waals surface area contributed by atoms with Crippen molar-refractivity contribution >= 4 is 40.9 Å². The number of halogens is 1. The number of benzene rings is 2. The number of fused-ring (bicyclic) bond motifs is 1. The highest BCUT2D eigenvalue weighted by Crippen LogP contribution is 2.40. The van der Waals surface area contributed by atoms with Crippen molar-refractivity contribution in [3.05, 3.63) is 70.1 Å². The summed E-state index contributed by atoms with van der Waals surface area (Å²) in [5.74, 6) is -2.18. The second-order valence-electron chi connectivity index (χ2n) is 9.70. The summed E-state index contributed by atoms with van der Waals surface area (Å²) in [7, 11) is 0. The van der Waals surface area contributed by atoms with Gasteiger partial charge >= 0.3 is 6.03 Å². The standard InChI is InChI=1S/C28H30FN3O3/c1-7-11-31-24-14-22(29)19(12-20(24)17(3)15-28(31,5)6)13-21-25(33)30-27(35)32(26(21)34)23-10-8-9-16(2)18(23)4/h8-10,12-15H,7,11H2,1-6H3,(H,30,33,35)/b21-13-. The minimum absolute atomic E-state index is 0.112. The summed E-state index contributed by atoms with van der Waals surface area (Å²) < 4.78 is 15.4. The molecule has 4 rings (SSSR count). The number of hydrogen-bond acceptors (Lipinski definition) is 4. The molecule has 182 valence electrons. The van der Waals surface area contributed by atoms with E-state index in [4.69, 9.17) is 0 Å². The van der Waals surface area contributed by atoms with Crippen molar-refractivity contribution in [2.24, 2.45) is 0 Å². The zero-order valence-corrected chi connectivity index (χ0v) is 21.0. The molecule has 4 amide bonds. The average Bonchev–Trinajstić information content (AvgIpc) is 2.77. The van der Waals surface area contributed by atoms with Crippen LogP contribution < -0.4 is 15.1 Å². The molecule has 6 nitrogen and oxygen atoms in total. The van der Waals surface area contributed by atoms with Crippen LogP contribution in [-0.2, 0) is 9.59 Å². The number of rotatable bonds is 4. The number of carbonyl (C=O) groups excluding carboxylic acids is 3. The number of barbiturate groups is 1. The van der Waals surface area contributed by atoms with Crippen LogP contribution >= 0.6 is 0 Å². The SMILES string of the molecule is CCCN1c2cc(F)c(/C=C3/C(=O)NC(=O)N(c4cccc(C)c4C)C3=O)cc2C(C)=CC1(C)C. The fraction of sp³-hybridized carbons (Fsp3) is 0.321. The normalized spacial score (nSPS) is 18.5. The van der Waals surface area contributed by atoms with Gasteiger partial charge in [-0.15, -0.1) is 0 Å². The molecule has 2 aromatic carbocycles. The molecule has 1 fully saturated rings. The number of carbonyl (C=O) groups is 3. The number of allylic oxidation sites excluding steroid dienone is 1. The number of aryl methyl sites for hydroxylation is 1. The van der Waals surface area contributed by atoms with Crippen LogP contribution in [-0.4, -0.2) is 29.9 Å². The third-order valence-electron chi connectivity index (χ3n) is 6.76. The molecule has 0 atom stereocenters. The Morgan fingerprint density at radius 1 is 1.06 bits per heavy atom. The van der Waals surface area contributed by atoms with E-state index in [1.807, 2.05) is 19.9 Å². The van der Waals surface area contributed by atoms with Gasteiger partial charge in [-0.05, 0) is 82.0 Å². The van der Waals surface area contributed by atoms with Crippen LogP contribution in [0, 0.1) is 19.7 Å². The molecule has 0 radical (unpaired) electrons. The van der Waals surface area contributed by atoms with E-state index >= 15 is 4.39 Å². The predicted octanol–water partition coefficient (Wildman–Crippen LogP) is 5.52. The van der Waals surface area contributed by atoms with Gasteiger partial charge < -0.3 is 4.90 Å². The summed E-state index contributed by atoms with van der Waals surface area (Å²) in [4.78, 5) is 41.7. The van der Waals surface area contributed by atoms with Crippen LogP contribution in [0.3, 0.4) is 0 Å². The van der Waals surface area contributed by atoms with E-state index in [0.717, 1.165) is 45.8 Å². The monoisotopic (exact) mass is 475 g/mol. The summed E-state index contributed by atoms with van der Waals surface area (Å²) >= 11 is 0. The quantitative estimate of drug-likeness (QED) is 0.467. The molecule has 1 saturated heterocycles. The van der Waals surface area contributed by atoms with Gasteiger partial charge in [-0.1, -0.05) is 25.1 Å². The molecule has 35 heavy (non-hydrogen) atoms. The molecule has 2 heterocycles. The van der Waals surface area contributed by atoms with E-state index < -0.39 is 23.7 Å². The molecule has 2 aromatic rings. The minimum Gasteiger partial charge on any atom is -0.362 e. The number of anilines is 2. The third-order valence-corrected chi connectivity index (χ3v) is 6.76. The second kappa shape index (κ2) is 8.80. The molecule has 2 aliphatic heterocycles. The van der Waals surface area contributed by atoms with Gasteiger partial charge in [0.1, 0.15) is 11.4 Å². The molecule has 0 bridgehead atoms. The number of nitrogens with one attached hydrogen (secondary N) is 1. The van der Waals surface area contributed by atoms with Gasteiger partial charge in [-0.25, -0.2) is 14.1 Å². The number of hydrogen-bond donors (Lipinski definition) is 1. The highest BCUT2D eigenvalue weighted by atomic mass is 19.1. The van der Waals surface area contributed by atoms with Crippen molar-refractivity contribution in [1.29, 1.82) is 0 Å². The zero-order valence-electron chi connectivity index (χ0n) is 21.0. The number of nitrogens with zero attached hydrogens (tertiary/aromatic N) is 2. The zero-order chi connectivity index (χ0) is 25.7. The molecule has 0 aliphatic carbocycles. The lowest BCUT2D eigenvalue weighted by atomic mass is 9.87. The molecule has 2 aliphatic rings. The Morgan fingerprint density at radius 2 is 1.77 bits per heavy atom. The Kier molecular flexibility index (Phi) is 6.13. The lowest BCUT2D eigenvalue weighted by Crippen LogP contribution is -2.54. The van der Waals surface area contributed by atoms with Crippen LogP contribution in [0.4, 0.5) is 20.6 Å². The van der Waals surface area contributed by atoms with Crippen molar-refractivity contribution in [3.8, 4) is 0 Å². The highest BCUT2D eigenvalue weighted by molar-refractivity contribution is 6.39. The first-order valence-corrected chi connectivity index (χ1v) is 11.7. The fourth-order valence-corrected chi connectivity index (χ4v) is 4.87. The lowest BCUT2D eigenvalue weighted by Gasteiger charge is -2.43. The Morgan fingerprint density at radius 3 is 2.46 bits per heavy atom. The van der Waals surface area contributed by atoms with E-state index in [1.165, 1.54) is 12.1 Å². The summed E-state index contributed by atoms with van der Waals surface area (Å²) in [6.07, 6.45) is 4.27. The Labute approximate surface area is 205 Å². The summed E-state index contributed by atoms with van der Waals surface area (Å²) in [5, 5.41) is 2.22. The van der Waals surface area contributed by atoms with Crippen LogP contribution in [0.1, 0.15) is 56.4 Å². The molecule has 0 aromatic heterocycles. The summed E-state index contributed by atoms with van der Waals surface area (Å²) in [5.41, 5.74) is 4.17. The number of amides is 4. The van der Waals surface area contributed by atoms with E-state index in [2.05, 4.69) is 37.1 Å². The summed E-state index contributed by atoms with van der Waals surface area (Å²) in [6.45, 7) is 12.7. The number of urea groups is 1. The van der Waals surface area contributed by atoms with Crippen molar-refractivity contribution in [3.63, 3.8) is 0 Å². The molecule has 0 unspecified atom stereocenters. The third kappa shape index (κ3) is 4.16. The first-order valence-electron chi connectivity index (χ1n) is 11.7. The van der Waals surface area contributed by atoms with Crippen LogP contribution in [0.2, 0.25) is 0 Å². The highest BCUT2D eigenvalue weighted by Gasteiger charge is 2.38. The molecule has 0 saturated carbocycles. The Balaban J connectivity index is 1.81. The smallest absolute Gasteiger partial charge is 0.335 e. The van der Waals surface area contributed by atoms with Gasteiger partial charge in [-0.2, -0.15) is 0 Å². The molecule has 7 heteroatoms. The Hall–Kier alpha value is -3.74. The largest absolute Gasteiger partial charge is 0.362 e. The average molecular weight is 476 g/mol. The maximum absolute atomic E-state index is 15.4. The predicted molar refractivity (Wildman–Crippen MR) is 137 cm³/mol. The first-order chi connectivity index (χ1) is 16.5. The van der Waals surface area contributed by atoms with Crippen LogP contribution in [0.15, 0.2) is 42.0 Å². The molecule has 1 N–H and O–H groups in total. The maximum atomic E-state index is 15.4. The van der Waals surface area contributed by atoms with Crippen LogP contribution in [0.25, 0.3) is 11.6 Å². The van der Waals surface area contributed by atoms with E-state index in [0.29, 0.717) is 5.69 Å². The van der Waals surface area contributed by atoms with Crippen molar-refractivity contribution in [2.45, 2.75) is 53.5 Å². The fourth-order valence-electron chi connectivity index (χ4n) is 4.87. The van der Waals surface area contributed by atoms with Gasteiger partial charge in [-0.3, -0.25) is 14.9 Å².